The molecule has 0 aliphatic carbocycles. The molecule has 7 heteroatoms. The number of carbonyl (C=O) groups excluding carboxylic acids is 1. The van der Waals surface area contributed by atoms with Crippen molar-refractivity contribution in [1.82, 2.24) is 15.5 Å². The summed E-state index contributed by atoms with van der Waals surface area (Å²) < 4.78 is 5.44. The first-order chi connectivity index (χ1) is 11.7. The highest BCUT2D eigenvalue weighted by Crippen LogP contribution is 2.19. The summed E-state index contributed by atoms with van der Waals surface area (Å²) in [7, 11) is 0. The molecule has 134 valence electrons. The van der Waals surface area contributed by atoms with Crippen molar-refractivity contribution in [2.24, 2.45) is 5.92 Å². The predicted molar refractivity (Wildman–Crippen MR) is 97.8 cm³/mol. The van der Waals surface area contributed by atoms with Gasteiger partial charge in [-0.25, -0.2) is 4.79 Å². The van der Waals surface area contributed by atoms with Crippen molar-refractivity contribution in [2.75, 3.05) is 45.9 Å². The van der Waals surface area contributed by atoms with E-state index in [2.05, 4.69) is 10.6 Å². The monoisotopic (exact) mass is 373 g/mol. The van der Waals surface area contributed by atoms with E-state index in [0.29, 0.717) is 22.5 Å². The summed E-state index contributed by atoms with van der Waals surface area (Å²) in [5.41, 5.74) is 0. The summed E-state index contributed by atoms with van der Waals surface area (Å²) in [6, 6.07) is 7.28. The van der Waals surface area contributed by atoms with Crippen LogP contribution < -0.4 is 10.6 Å². The molecule has 3 rings (SSSR count). The van der Waals surface area contributed by atoms with Crippen LogP contribution in [0.1, 0.15) is 12.8 Å². The largest absolute Gasteiger partial charge is 0.380 e. The summed E-state index contributed by atoms with van der Waals surface area (Å²) in [5.74, 6) is 0.397. The maximum Gasteiger partial charge on any atom is 0.317 e. The van der Waals surface area contributed by atoms with E-state index in [0.717, 1.165) is 52.2 Å². The number of nitrogens with zero attached hydrogens (tertiary/aromatic N) is 1. The van der Waals surface area contributed by atoms with Crippen molar-refractivity contribution >= 4 is 29.2 Å². The Kier molecular flexibility index (Phi) is 8.67. The molecule has 0 saturated carbocycles. The predicted octanol–water partition coefficient (Wildman–Crippen LogP) is 3.02. The number of nitrogens with one attached hydrogen (secondary N) is 2. The number of halogens is 2. The Morgan fingerprint density at radius 2 is 1.92 bits per heavy atom. The lowest BCUT2D eigenvalue weighted by atomic mass is 10.1. The minimum atomic E-state index is 0.0850. The zero-order valence-electron chi connectivity index (χ0n) is 13.8. The van der Waals surface area contributed by atoms with Crippen LogP contribution >= 0.6 is 23.2 Å². The van der Waals surface area contributed by atoms with Gasteiger partial charge in [0.15, 0.2) is 0 Å². The summed E-state index contributed by atoms with van der Waals surface area (Å²) in [6.45, 7) is 5.89. The van der Waals surface area contributed by atoms with Crippen molar-refractivity contribution < 1.29 is 9.53 Å². The molecular formula is C17H25Cl2N3O2. The van der Waals surface area contributed by atoms with Crippen LogP contribution in [0.5, 0.6) is 0 Å². The molecule has 2 saturated heterocycles. The van der Waals surface area contributed by atoms with Gasteiger partial charge in [-0.05, 0) is 25.0 Å². The van der Waals surface area contributed by atoms with Crippen LogP contribution in [0.15, 0.2) is 24.3 Å². The quantitative estimate of drug-likeness (QED) is 0.837. The van der Waals surface area contributed by atoms with Gasteiger partial charge in [-0.3, -0.25) is 0 Å². The minimum Gasteiger partial charge on any atom is -0.380 e. The van der Waals surface area contributed by atoms with Gasteiger partial charge in [0.05, 0.1) is 23.3 Å². The van der Waals surface area contributed by atoms with E-state index in [4.69, 9.17) is 27.9 Å². The average molecular weight is 374 g/mol. The zero-order chi connectivity index (χ0) is 17.2. The van der Waals surface area contributed by atoms with E-state index in [1.807, 2.05) is 17.0 Å². The highest BCUT2D eigenvalue weighted by molar-refractivity contribution is 6.41. The van der Waals surface area contributed by atoms with Crippen molar-refractivity contribution in [3.8, 4) is 0 Å². The van der Waals surface area contributed by atoms with Gasteiger partial charge in [0.2, 0.25) is 0 Å². The Hall–Kier alpha value is -1.01. The van der Waals surface area contributed by atoms with Gasteiger partial charge in [-0.15, -0.1) is 0 Å². The topological polar surface area (TPSA) is 53.6 Å². The Morgan fingerprint density at radius 1 is 1.25 bits per heavy atom. The maximum atomic E-state index is 11.7. The van der Waals surface area contributed by atoms with Gasteiger partial charge in [-0.1, -0.05) is 35.3 Å². The summed E-state index contributed by atoms with van der Waals surface area (Å²) in [6.07, 6.45) is 2.28. The lowest BCUT2D eigenvalue weighted by Crippen LogP contribution is -2.42. The highest BCUT2D eigenvalue weighted by atomic mass is 35.5. The third kappa shape index (κ3) is 6.85. The Morgan fingerprint density at radius 3 is 2.54 bits per heavy atom. The van der Waals surface area contributed by atoms with E-state index >= 15 is 0 Å². The van der Waals surface area contributed by atoms with Crippen LogP contribution in [-0.2, 0) is 4.74 Å². The van der Waals surface area contributed by atoms with Crippen molar-refractivity contribution in [1.29, 1.82) is 0 Å². The third-order valence-electron chi connectivity index (χ3n) is 3.97. The Balaban J connectivity index is 0.000000219. The van der Waals surface area contributed by atoms with Crippen LogP contribution in [0.2, 0.25) is 10.0 Å². The first kappa shape index (κ1) is 19.3. The molecule has 2 aliphatic heterocycles. The Bertz CT molecular complexity index is 481. The van der Waals surface area contributed by atoms with Crippen molar-refractivity contribution in [3.63, 3.8) is 0 Å². The Labute approximate surface area is 153 Å². The highest BCUT2D eigenvalue weighted by Gasteiger charge is 2.19. The van der Waals surface area contributed by atoms with Crippen molar-refractivity contribution in [3.05, 3.63) is 34.3 Å². The minimum absolute atomic E-state index is 0.0850. The van der Waals surface area contributed by atoms with Crippen LogP contribution in [0.3, 0.4) is 0 Å². The molecule has 1 aromatic carbocycles. The maximum absolute atomic E-state index is 11.7. The summed E-state index contributed by atoms with van der Waals surface area (Å²) >= 11 is 11.2. The third-order valence-corrected chi connectivity index (χ3v) is 4.73. The van der Waals surface area contributed by atoms with Gasteiger partial charge in [0.1, 0.15) is 0 Å². The number of carbonyl (C=O) groups is 1. The normalized spacial score (nSPS) is 20.8. The van der Waals surface area contributed by atoms with E-state index in [1.165, 1.54) is 0 Å². The molecule has 5 nitrogen and oxygen atoms in total. The molecule has 0 bridgehead atoms. The van der Waals surface area contributed by atoms with Crippen LogP contribution in [-0.4, -0.2) is 56.9 Å². The standard InChI is InChI=1S/C11H21N3O2.C6H4Cl2/c15-11(14-4-1-2-5-14)13-8-10-7-12-3-6-16-9-10;7-5-3-1-2-4-6(5)8/h10,12H,1-9H2,(H,13,15);1-4H. The second kappa shape index (κ2) is 10.8. The SMILES string of the molecule is Clc1ccccc1Cl.O=C(NCC1CNCCOC1)N1CCCC1. The molecule has 2 amide bonds. The van der Waals surface area contributed by atoms with Crippen LogP contribution in [0, 0.1) is 5.92 Å². The molecule has 1 atom stereocenters. The number of hydrogen-bond donors (Lipinski definition) is 2. The fraction of sp³-hybridized carbons (Fsp3) is 0.588. The van der Waals surface area contributed by atoms with E-state index < -0.39 is 0 Å². The number of likely N-dealkylation sites (tertiary alicyclic amines) is 1. The second-order valence-corrected chi connectivity index (χ2v) is 6.75. The van der Waals surface area contributed by atoms with Gasteiger partial charge < -0.3 is 20.3 Å². The van der Waals surface area contributed by atoms with Gasteiger partial charge in [0, 0.05) is 38.6 Å². The first-order valence-electron chi connectivity index (χ1n) is 8.38. The van der Waals surface area contributed by atoms with Crippen LogP contribution in [0.4, 0.5) is 4.79 Å². The molecule has 0 aromatic heterocycles. The summed E-state index contributed by atoms with van der Waals surface area (Å²) in [4.78, 5) is 13.6. The number of benzene rings is 1. The molecule has 2 aliphatic rings. The molecule has 1 aromatic rings. The number of ether oxygens (including phenoxy) is 1. The fourth-order valence-electron chi connectivity index (χ4n) is 2.59. The van der Waals surface area contributed by atoms with Crippen LogP contribution in [0.25, 0.3) is 0 Å². The second-order valence-electron chi connectivity index (χ2n) is 5.94. The van der Waals surface area contributed by atoms with Gasteiger partial charge in [0.25, 0.3) is 0 Å². The number of urea groups is 1. The molecule has 1 unspecified atom stereocenters. The van der Waals surface area contributed by atoms with E-state index in [-0.39, 0.29) is 6.03 Å². The smallest absolute Gasteiger partial charge is 0.317 e. The van der Waals surface area contributed by atoms with E-state index in [1.54, 1.807) is 12.1 Å². The zero-order valence-corrected chi connectivity index (χ0v) is 15.3. The molecule has 0 radical (unpaired) electrons. The molecule has 2 fully saturated rings. The summed E-state index contributed by atoms with van der Waals surface area (Å²) in [5, 5.41) is 7.50. The lowest BCUT2D eigenvalue weighted by molar-refractivity contribution is 0.122. The molecule has 2 N–H and O–H groups in total. The molecule has 0 spiro atoms. The van der Waals surface area contributed by atoms with E-state index in [9.17, 15) is 4.79 Å². The average Bonchev–Trinajstić information content (AvgIpc) is 3.00. The lowest BCUT2D eigenvalue weighted by Gasteiger charge is -2.19. The number of amides is 2. The molecule has 24 heavy (non-hydrogen) atoms. The molecule has 2 heterocycles. The first-order valence-corrected chi connectivity index (χ1v) is 9.13. The number of rotatable bonds is 2. The van der Waals surface area contributed by atoms with Crippen molar-refractivity contribution in [2.45, 2.75) is 12.8 Å². The fourth-order valence-corrected chi connectivity index (χ4v) is 2.86. The molecular weight excluding hydrogens is 349 g/mol. The van der Waals surface area contributed by atoms with Gasteiger partial charge in [-0.2, -0.15) is 0 Å². The van der Waals surface area contributed by atoms with Gasteiger partial charge >= 0.3 is 6.03 Å². The number of hydrogen-bond acceptors (Lipinski definition) is 3.